The van der Waals surface area contributed by atoms with E-state index < -0.39 is 17.5 Å². The second-order valence-electron chi connectivity index (χ2n) is 4.08. The summed E-state index contributed by atoms with van der Waals surface area (Å²) >= 11 is 0. The molecule has 0 radical (unpaired) electrons. The molecule has 102 valence electrons. The number of aromatic nitrogens is 2. The summed E-state index contributed by atoms with van der Waals surface area (Å²) in [4.78, 5) is 26.3. The molecule has 2 rings (SSSR count). The van der Waals surface area contributed by atoms with Crippen LogP contribution in [0.15, 0.2) is 54.7 Å². The maximum atomic E-state index is 11.9. The number of carboxylic acid groups (broad SMARTS) is 1. The number of carbonyl (C=O) groups is 2. The van der Waals surface area contributed by atoms with Crippen molar-refractivity contribution in [1.82, 2.24) is 9.55 Å². The van der Waals surface area contributed by atoms with Crippen molar-refractivity contribution in [3.63, 3.8) is 0 Å². The average molecular weight is 272 g/mol. The molecule has 0 aliphatic carbocycles. The van der Waals surface area contributed by atoms with Gasteiger partial charge in [0.15, 0.2) is 0 Å². The van der Waals surface area contributed by atoms with E-state index in [1.165, 1.54) is 0 Å². The van der Waals surface area contributed by atoms with Gasteiger partial charge in [-0.25, -0.2) is 4.79 Å². The molecule has 2 aromatic heterocycles. The highest BCUT2D eigenvalue weighted by molar-refractivity contribution is 6.06. The van der Waals surface area contributed by atoms with Crippen molar-refractivity contribution >= 4 is 11.8 Å². The maximum Gasteiger partial charge on any atom is 0.371 e. The smallest absolute Gasteiger partial charge is 0.371 e. The minimum absolute atomic E-state index is 0.301. The number of ketones is 1. The van der Waals surface area contributed by atoms with Crippen LogP contribution in [0.2, 0.25) is 0 Å². The van der Waals surface area contributed by atoms with Crippen molar-refractivity contribution < 1.29 is 19.8 Å². The van der Waals surface area contributed by atoms with Gasteiger partial charge in [0.05, 0.1) is 5.69 Å². The Bertz CT molecular complexity index is 659. The third-order valence-corrected chi connectivity index (χ3v) is 2.67. The van der Waals surface area contributed by atoms with Crippen LogP contribution < -0.4 is 0 Å². The summed E-state index contributed by atoms with van der Waals surface area (Å²) in [5.74, 6) is -3.08. The molecule has 6 nitrogen and oxygen atoms in total. The SMILES string of the molecule is O=C(O)/C(O)=C/C(=O)c1cccn1Cc1ccncc1. The molecule has 0 spiro atoms. The third kappa shape index (κ3) is 3.11. The highest BCUT2D eigenvalue weighted by atomic mass is 16.4. The topological polar surface area (TPSA) is 92.4 Å². The highest BCUT2D eigenvalue weighted by Gasteiger charge is 2.12. The first kappa shape index (κ1) is 13.5. The quantitative estimate of drug-likeness (QED) is 0.490. The van der Waals surface area contributed by atoms with Crippen LogP contribution in [0, 0.1) is 0 Å². The fourth-order valence-electron chi connectivity index (χ4n) is 1.72. The van der Waals surface area contributed by atoms with Gasteiger partial charge < -0.3 is 14.8 Å². The zero-order valence-corrected chi connectivity index (χ0v) is 10.4. The molecular formula is C14H12N2O4. The fourth-order valence-corrected chi connectivity index (χ4v) is 1.72. The molecule has 0 fully saturated rings. The van der Waals surface area contributed by atoms with Crippen LogP contribution in [0.5, 0.6) is 0 Å². The number of nitrogens with zero attached hydrogens (tertiary/aromatic N) is 2. The molecule has 0 bridgehead atoms. The third-order valence-electron chi connectivity index (χ3n) is 2.67. The van der Waals surface area contributed by atoms with E-state index in [0.29, 0.717) is 18.3 Å². The molecule has 0 unspecified atom stereocenters. The van der Waals surface area contributed by atoms with Crippen LogP contribution in [0.25, 0.3) is 0 Å². The Morgan fingerprint density at radius 2 is 1.90 bits per heavy atom. The monoisotopic (exact) mass is 272 g/mol. The summed E-state index contributed by atoms with van der Waals surface area (Å²) in [6, 6.07) is 6.88. The summed E-state index contributed by atoms with van der Waals surface area (Å²) in [7, 11) is 0. The average Bonchev–Trinajstić information content (AvgIpc) is 2.88. The Balaban J connectivity index is 2.23. The van der Waals surface area contributed by atoms with Gasteiger partial charge in [-0.05, 0) is 29.8 Å². The maximum absolute atomic E-state index is 11.9. The fraction of sp³-hybridized carbons (Fsp3) is 0.0714. The van der Waals surface area contributed by atoms with Crippen LogP contribution in [-0.2, 0) is 11.3 Å². The van der Waals surface area contributed by atoms with E-state index in [1.54, 1.807) is 35.3 Å². The number of aliphatic carboxylic acids is 1. The van der Waals surface area contributed by atoms with Crippen LogP contribution >= 0.6 is 0 Å². The van der Waals surface area contributed by atoms with Crippen LogP contribution in [0.4, 0.5) is 0 Å². The standard InChI is InChI=1S/C14H12N2O4/c17-12(8-13(18)14(19)20)11-2-1-7-16(11)9-10-3-5-15-6-4-10/h1-8,18H,9H2,(H,19,20)/b13-8-. The normalized spacial score (nSPS) is 11.3. The first-order valence-corrected chi connectivity index (χ1v) is 5.80. The number of pyridine rings is 1. The highest BCUT2D eigenvalue weighted by Crippen LogP contribution is 2.09. The number of hydrogen-bond donors (Lipinski definition) is 2. The molecule has 0 aromatic carbocycles. The largest absolute Gasteiger partial charge is 0.502 e. The molecule has 20 heavy (non-hydrogen) atoms. The van der Waals surface area contributed by atoms with Gasteiger partial charge in [-0.3, -0.25) is 9.78 Å². The van der Waals surface area contributed by atoms with Crippen molar-refractivity contribution in [3.8, 4) is 0 Å². The molecule has 0 atom stereocenters. The summed E-state index contributed by atoms with van der Waals surface area (Å²) in [5.41, 5.74) is 1.26. The molecule has 2 aromatic rings. The number of aliphatic hydroxyl groups excluding tert-OH is 1. The number of carbonyl (C=O) groups excluding carboxylic acids is 1. The lowest BCUT2D eigenvalue weighted by Crippen LogP contribution is -2.10. The predicted octanol–water partition coefficient (Wildman–Crippen LogP) is 1.64. The van der Waals surface area contributed by atoms with Crippen molar-refractivity contribution in [1.29, 1.82) is 0 Å². The molecular weight excluding hydrogens is 260 g/mol. The molecule has 0 amide bonds. The second kappa shape index (κ2) is 5.83. The van der Waals surface area contributed by atoms with Gasteiger partial charge in [0.25, 0.3) is 0 Å². The van der Waals surface area contributed by atoms with E-state index >= 15 is 0 Å². The molecule has 0 saturated carbocycles. The number of aliphatic hydroxyl groups is 1. The Kier molecular flexibility index (Phi) is 3.95. The van der Waals surface area contributed by atoms with Crippen molar-refractivity contribution in [3.05, 3.63) is 65.9 Å². The van der Waals surface area contributed by atoms with Crippen molar-refractivity contribution in [2.75, 3.05) is 0 Å². The molecule has 2 N–H and O–H groups in total. The summed E-state index contributed by atoms with van der Waals surface area (Å²) in [5, 5.41) is 17.6. The Labute approximate surface area is 114 Å². The number of rotatable bonds is 5. The van der Waals surface area contributed by atoms with Crippen LogP contribution in [0.1, 0.15) is 16.1 Å². The van der Waals surface area contributed by atoms with E-state index in [2.05, 4.69) is 4.98 Å². The summed E-state index contributed by atoms with van der Waals surface area (Å²) < 4.78 is 1.67. The zero-order valence-electron chi connectivity index (χ0n) is 10.4. The molecule has 0 aliphatic heterocycles. The van der Waals surface area contributed by atoms with Gasteiger partial charge >= 0.3 is 5.97 Å². The minimum Gasteiger partial charge on any atom is -0.502 e. The Morgan fingerprint density at radius 3 is 2.55 bits per heavy atom. The van der Waals surface area contributed by atoms with Gasteiger partial charge in [0.2, 0.25) is 11.5 Å². The number of allylic oxidation sites excluding steroid dienone is 1. The summed E-state index contributed by atoms with van der Waals surface area (Å²) in [6.45, 7) is 0.457. The van der Waals surface area contributed by atoms with Crippen LogP contribution in [-0.4, -0.2) is 31.5 Å². The van der Waals surface area contributed by atoms with E-state index in [0.717, 1.165) is 5.56 Å². The first-order chi connectivity index (χ1) is 9.58. The van der Waals surface area contributed by atoms with Gasteiger partial charge in [-0.1, -0.05) is 0 Å². The van der Waals surface area contributed by atoms with E-state index in [9.17, 15) is 9.59 Å². The first-order valence-electron chi connectivity index (χ1n) is 5.80. The predicted molar refractivity (Wildman–Crippen MR) is 70.4 cm³/mol. The zero-order chi connectivity index (χ0) is 14.5. The lowest BCUT2D eigenvalue weighted by molar-refractivity contribution is -0.135. The number of carboxylic acids is 1. The lowest BCUT2D eigenvalue weighted by atomic mass is 10.2. The van der Waals surface area contributed by atoms with E-state index in [4.69, 9.17) is 10.2 Å². The molecule has 0 aliphatic rings. The second-order valence-corrected chi connectivity index (χ2v) is 4.08. The molecule has 6 heteroatoms. The minimum atomic E-state index is -1.54. The van der Waals surface area contributed by atoms with Crippen LogP contribution in [0.3, 0.4) is 0 Å². The lowest BCUT2D eigenvalue weighted by Gasteiger charge is -2.07. The number of hydrogen-bond acceptors (Lipinski definition) is 4. The summed E-state index contributed by atoms with van der Waals surface area (Å²) in [6.07, 6.45) is 5.70. The van der Waals surface area contributed by atoms with Crippen molar-refractivity contribution in [2.45, 2.75) is 6.54 Å². The van der Waals surface area contributed by atoms with Gasteiger partial charge in [-0.15, -0.1) is 0 Å². The van der Waals surface area contributed by atoms with E-state index in [-0.39, 0.29) is 0 Å². The Hall–Kier alpha value is -2.89. The van der Waals surface area contributed by atoms with Gasteiger partial charge in [0.1, 0.15) is 0 Å². The van der Waals surface area contributed by atoms with Crippen molar-refractivity contribution in [2.24, 2.45) is 0 Å². The Morgan fingerprint density at radius 1 is 1.20 bits per heavy atom. The molecule has 0 saturated heterocycles. The van der Waals surface area contributed by atoms with Gasteiger partial charge in [-0.2, -0.15) is 0 Å². The van der Waals surface area contributed by atoms with Gasteiger partial charge in [0, 0.05) is 31.2 Å². The molecule has 2 heterocycles. The van der Waals surface area contributed by atoms with E-state index in [1.807, 2.05) is 12.1 Å².